The zero-order valence-corrected chi connectivity index (χ0v) is 11.5. The van der Waals surface area contributed by atoms with Gasteiger partial charge in [0.1, 0.15) is 11.5 Å². The Bertz CT molecular complexity index is 421. The molecule has 0 aliphatic heterocycles. The summed E-state index contributed by atoms with van der Waals surface area (Å²) in [4.78, 5) is 12.0. The van der Waals surface area contributed by atoms with Crippen molar-refractivity contribution in [2.75, 3.05) is 20.2 Å². The van der Waals surface area contributed by atoms with E-state index in [1.807, 2.05) is 0 Å². The lowest BCUT2D eigenvalue weighted by molar-refractivity contribution is 0.0943. The zero-order chi connectivity index (χ0) is 14.3. The number of carbonyl (C=O) groups is 1. The first-order valence-corrected chi connectivity index (χ1v) is 6.47. The van der Waals surface area contributed by atoms with Crippen LogP contribution < -0.4 is 15.8 Å². The molecule has 0 fully saturated rings. The van der Waals surface area contributed by atoms with E-state index >= 15 is 0 Å². The van der Waals surface area contributed by atoms with E-state index in [9.17, 15) is 9.90 Å². The highest BCUT2D eigenvalue weighted by Gasteiger charge is 2.14. The Kier molecular flexibility index (Phi) is 6.15. The van der Waals surface area contributed by atoms with Crippen LogP contribution >= 0.6 is 0 Å². The predicted molar refractivity (Wildman–Crippen MR) is 74.4 cm³/mol. The third-order valence-electron chi connectivity index (χ3n) is 3.15. The number of methoxy groups -OCH3 is 1. The van der Waals surface area contributed by atoms with Crippen molar-refractivity contribution in [2.45, 2.75) is 19.8 Å². The number of benzene rings is 1. The maximum atomic E-state index is 12.0. The maximum Gasteiger partial charge on any atom is 0.255 e. The minimum Gasteiger partial charge on any atom is -0.507 e. The molecule has 0 aliphatic rings. The van der Waals surface area contributed by atoms with Gasteiger partial charge in [0.15, 0.2) is 0 Å². The average molecular weight is 266 g/mol. The monoisotopic (exact) mass is 266 g/mol. The van der Waals surface area contributed by atoms with Crippen LogP contribution in [-0.4, -0.2) is 31.2 Å². The first-order chi connectivity index (χ1) is 9.12. The molecule has 1 unspecified atom stereocenters. The normalized spacial score (nSPS) is 11.9. The molecule has 19 heavy (non-hydrogen) atoms. The van der Waals surface area contributed by atoms with Crippen LogP contribution in [0.2, 0.25) is 0 Å². The van der Waals surface area contributed by atoms with E-state index in [-0.39, 0.29) is 17.2 Å². The Morgan fingerprint density at radius 3 is 2.84 bits per heavy atom. The van der Waals surface area contributed by atoms with Gasteiger partial charge >= 0.3 is 0 Å². The van der Waals surface area contributed by atoms with E-state index in [0.29, 0.717) is 24.8 Å². The van der Waals surface area contributed by atoms with Crippen molar-refractivity contribution in [3.05, 3.63) is 23.8 Å². The lowest BCUT2D eigenvalue weighted by Crippen LogP contribution is -2.30. The average Bonchev–Trinajstić information content (AvgIpc) is 2.43. The van der Waals surface area contributed by atoms with Crippen LogP contribution in [0.3, 0.4) is 0 Å². The fourth-order valence-electron chi connectivity index (χ4n) is 1.84. The Morgan fingerprint density at radius 2 is 2.26 bits per heavy atom. The van der Waals surface area contributed by atoms with Gasteiger partial charge in [-0.25, -0.2) is 0 Å². The Morgan fingerprint density at radius 1 is 1.53 bits per heavy atom. The summed E-state index contributed by atoms with van der Waals surface area (Å²) in [6, 6.07) is 4.58. The van der Waals surface area contributed by atoms with Crippen molar-refractivity contribution in [3.8, 4) is 11.5 Å². The van der Waals surface area contributed by atoms with Gasteiger partial charge in [0.2, 0.25) is 0 Å². The number of aromatic hydroxyl groups is 1. The van der Waals surface area contributed by atoms with Gasteiger partial charge in [0.25, 0.3) is 5.91 Å². The molecule has 0 spiro atoms. The van der Waals surface area contributed by atoms with E-state index in [1.54, 1.807) is 6.07 Å². The number of hydrogen-bond donors (Lipinski definition) is 3. The van der Waals surface area contributed by atoms with Crippen LogP contribution in [0.4, 0.5) is 0 Å². The van der Waals surface area contributed by atoms with Crippen LogP contribution in [0.1, 0.15) is 30.1 Å². The second kappa shape index (κ2) is 7.63. The van der Waals surface area contributed by atoms with Crippen molar-refractivity contribution >= 4 is 5.91 Å². The number of carbonyl (C=O) groups excluding carboxylic acids is 1. The van der Waals surface area contributed by atoms with Crippen LogP contribution in [-0.2, 0) is 0 Å². The number of phenols is 1. The van der Waals surface area contributed by atoms with E-state index in [2.05, 4.69) is 12.2 Å². The highest BCUT2D eigenvalue weighted by atomic mass is 16.5. The molecule has 4 N–H and O–H groups in total. The molecule has 1 aromatic rings. The van der Waals surface area contributed by atoms with Gasteiger partial charge in [-0.2, -0.15) is 0 Å². The molecule has 0 aliphatic carbocycles. The largest absolute Gasteiger partial charge is 0.507 e. The minimum absolute atomic E-state index is 0.0508. The maximum absolute atomic E-state index is 12.0. The topological polar surface area (TPSA) is 84.6 Å². The number of hydrogen-bond acceptors (Lipinski definition) is 4. The fourth-order valence-corrected chi connectivity index (χ4v) is 1.84. The molecule has 0 heterocycles. The third kappa shape index (κ3) is 4.44. The quantitative estimate of drug-likeness (QED) is 0.698. The summed E-state index contributed by atoms with van der Waals surface area (Å²) in [6.45, 7) is 3.23. The van der Waals surface area contributed by atoms with Gasteiger partial charge in [0, 0.05) is 6.54 Å². The first-order valence-electron chi connectivity index (χ1n) is 6.47. The lowest BCUT2D eigenvalue weighted by Gasteiger charge is -2.15. The van der Waals surface area contributed by atoms with Gasteiger partial charge in [-0.3, -0.25) is 4.79 Å². The van der Waals surface area contributed by atoms with Gasteiger partial charge in [-0.1, -0.05) is 13.3 Å². The molecule has 1 amide bonds. The van der Waals surface area contributed by atoms with Crippen LogP contribution in [0.25, 0.3) is 0 Å². The number of rotatable bonds is 7. The molecule has 0 saturated heterocycles. The Hall–Kier alpha value is -1.75. The molecule has 0 bridgehead atoms. The predicted octanol–water partition coefficient (Wildman–Crippen LogP) is 1.51. The molecule has 1 aromatic carbocycles. The van der Waals surface area contributed by atoms with E-state index in [4.69, 9.17) is 10.5 Å². The second-order valence-corrected chi connectivity index (χ2v) is 4.44. The summed E-state index contributed by atoms with van der Waals surface area (Å²) in [5.41, 5.74) is 5.74. The summed E-state index contributed by atoms with van der Waals surface area (Å²) in [6.07, 6.45) is 1.84. The summed E-state index contributed by atoms with van der Waals surface area (Å²) >= 11 is 0. The highest BCUT2D eigenvalue weighted by molar-refractivity contribution is 5.97. The van der Waals surface area contributed by atoms with Crippen LogP contribution in [0.15, 0.2) is 18.2 Å². The Balaban J connectivity index is 2.67. The molecular formula is C14H22N2O3. The third-order valence-corrected chi connectivity index (χ3v) is 3.15. The number of nitrogens with one attached hydrogen (secondary N) is 1. The molecule has 0 aromatic heterocycles. The van der Waals surface area contributed by atoms with Gasteiger partial charge in [0.05, 0.1) is 12.7 Å². The number of nitrogens with two attached hydrogens (primary N) is 1. The molecule has 1 rings (SSSR count). The standard InChI is InChI=1S/C14H22N2O3/c1-3-10(6-7-15)9-16-14(18)12-8-11(19-2)4-5-13(12)17/h4-5,8,10,17H,3,6-7,9,15H2,1-2H3,(H,16,18). The van der Waals surface area contributed by atoms with E-state index in [0.717, 1.165) is 12.8 Å². The van der Waals surface area contributed by atoms with E-state index in [1.165, 1.54) is 19.2 Å². The van der Waals surface area contributed by atoms with Gasteiger partial charge < -0.3 is 20.9 Å². The first kappa shape index (κ1) is 15.3. The molecule has 0 saturated carbocycles. The minimum atomic E-state index is -0.299. The summed E-state index contributed by atoms with van der Waals surface area (Å²) in [5.74, 6) is 0.552. The van der Waals surface area contributed by atoms with Crippen molar-refractivity contribution < 1.29 is 14.6 Å². The molecule has 5 nitrogen and oxygen atoms in total. The molecule has 1 atom stereocenters. The summed E-state index contributed by atoms with van der Waals surface area (Å²) in [7, 11) is 1.52. The zero-order valence-electron chi connectivity index (χ0n) is 11.5. The molecule has 5 heteroatoms. The number of ether oxygens (including phenoxy) is 1. The van der Waals surface area contributed by atoms with Crippen molar-refractivity contribution in [1.29, 1.82) is 0 Å². The molecule has 106 valence electrons. The Labute approximate surface area is 113 Å². The van der Waals surface area contributed by atoms with Gasteiger partial charge in [-0.15, -0.1) is 0 Å². The van der Waals surface area contributed by atoms with Crippen molar-refractivity contribution in [2.24, 2.45) is 11.7 Å². The smallest absolute Gasteiger partial charge is 0.255 e. The van der Waals surface area contributed by atoms with Crippen molar-refractivity contribution in [1.82, 2.24) is 5.32 Å². The van der Waals surface area contributed by atoms with E-state index < -0.39 is 0 Å². The number of amides is 1. The van der Waals surface area contributed by atoms with Crippen molar-refractivity contribution in [3.63, 3.8) is 0 Å². The number of phenolic OH excluding ortho intramolecular Hbond substituents is 1. The fraction of sp³-hybridized carbons (Fsp3) is 0.500. The summed E-state index contributed by atoms with van der Waals surface area (Å²) < 4.78 is 5.04. The van der Waals surface area contributed by atoms with Crippen LogP contribution in [0, 0.1) is 5.92 Å². The lowest BCUT2D eigenvalue weighted by atomic mass is 10.0. The summed E-state index contributed by atoms with van der Waals surface area (Å²) in [5, 5.41) is 12.5. The van der Waals surface area contributed by atoms with Crippen LogP contribution in [0.5, 0.6) is 11.5 Å². The molecule has 0 radical (unpaired) electrons. The van der Waals surface area contributed by atoms with Gasteiger partial charge in [-0.05, 0) is 37.1 Å². The second-order valence-electron chi connectivity index (χ2n) is 4.44. The highest BCUT2D eigenvalue weighted by Crippen LogP contribution is 2.22. The molecular weight excluding hydrogens is 244 g/mol. The SMILES string of the molecule is CCC(CCN)CNC(=O)c1cc(OC)ccc1O.